The van der Waals surface area contributed by atoms with E-state index < -0.39 is 0 Å². The lowest BCUT2D eigenvalue weighted by Gasteiger charge is -2.25. The first-order valence-electron chi connectivity index (χ1n) is 7.31. The molecule has 2 nitrogen and oxygen atoms in total. The predicted molar refractivity (Wildman–Crippen MR) is 83.5 cm³/mol. The van der Waals surface area contributed by atoms with Crippen LogP contribution in [0.5, 0.6) is 0 Å². The van der Waals surface area contributed by atoms with Crippen LogP contribution in [0.25, 0.3) is 0 Å². The molecule has 2 atom stereocenters. The van der Waals surface area contributed by atoms with Crippen molar-refractivity contribution in [3.63, 3.8) is 0 Å². The summed E-state index contributed by atoms with van der Waals surface area (Å²) < 4.78 is 6.95. The molecule has 1 heterocycles. The van der Waals surface area contributed by atoms with Crippen LogP contribution in [0.15, 0.2) is 28.7 Å². The van der Waals surface area contributed by atoms with E-state index in [1.54, 1.807) is 0 Å². The molecule has 0 aromatic heterocycles. The lowest BCUT2D eigenvalue weighted by atomic mass is 9.97. The summed E-state index contributed by atoms with van der Waals surface area (Å²) in [7, 11) is 2.06. The Morgan fingerprint density at radius 1 is 1.32 bits per heavy atom. The molecule has 1 aromatic carbocycles. The molecular formula is C16H24BrNO. The minimum Gasteiger partial charge on any atom is -0.378 e. The Bertz CT molecular complexity index is 360. The van der Waals surface area contributed by atoms with Crippen molar-refractivity contribution in [3.8, 4) is 0 Å². The van der Waals surface area contributed by atoms with Crippen LogP contribution in [-0.4, -0.2) is 25.8 Å². The maximum Gasteiger partial charge on any atom is 0.0575 e. The summed E-state index contributed by atoms with van der Waals surface area (Å²) in [5.41, 5.74) is 1.40. The van der Waals surface area contributed by atoms with Gasteiger partial charge in [-0.05, 0) is 63.3 Å². The summed E-state index contributed by atoms with van der Waals surface area (Å²) in [6, 6.07) is 9.18. The predicted octanol–water partition coefficient (Wildman–Crippen LogP) is 3.93. The Balaban J connectivity index is 1.77. The van der Waals surface area contributed by atoms with E-state index in [0.29, 0.717) is 12.1 Å². The van der Waals surface area contributed by atoms with E-state index in [1.165, 1.54) is 37.7 Å². The fourth-order valence-electron chi connectivity index (χ4n) is 2.68. The van der Waals surface area contributed by atoms with Gasteiger partial charge in [0, 0.05) is 17.1 Å². The molecule has 1 aliphatic heterocycles. The van der Waals surface area contributed by atoms with Crippen LogP contribution in [0.4, 0.5) is 0 Å². The zero-order valence-corrected chi connectivity index (χ0v) is 13.3. The quantitative estimate of drug-likeness (QED) is 0.855. The van der Waals surface area contributed by atoms with Crippen molar-refractivity contribution in [2.45, 2.75) is 50.7 Å². The zero-order chi connectivity index (χ0) is 13.5. The van der Waals surface area contributed by atoms with Crippen LogP contribution in [-0.2, 0) is 11.2 Å². The number of rotatable bonds is 6. The van der Waals surface area contributed by atoms with Crippen molar-refractivity contribution < 1.29 is 4.74 Å². The highest BCUT2D eigenvalue weighted by atomic mass is 79.9. The molecule has 106 valence electrons. The third kappa shape index (κ3) is 5.25. The van der Waals surface area contributed by atoms with E-state index in [0.717, 1.165) is 17.5 Å². The Hall–Kier alpha value is -0.380. The van der Waals surface area contributed by atoms with E-state index >= 15 is 0 Å². The summed E-state index contributed by atoms with van der Waals surface area (Å²) >= 11 is 3.48. The maximum absolute atomic E-state index is 5.80. The van der Waals surface area contributed by atoms with Crippen LogP contribution >= 0.6 is 15.9 Å². The van der Waals surface area contributed by atoms with Gasteiger partial charge in [-0.2, -0.15) is 0 Å². The highest BCUT2D eigenvalue weighted by molar-refractivity contribution is 9.10. The van der Waals surface area contributed by atoms with Crippen molar-refractivity contribution in [3.05, 3.63) is 34.3 Å². The number of ether oxygens (including phenoxy) is 1. The van der Waals surface area contributed by atoms with Gasteiger partial charge in [-0.3, -0.25) is 0 Å². The van der Waals surface area contributed by atoms with E-state index in [2.05, 4.69) is 52.6 Å². The van der Waals surface area contributed by atoms with Crippen molar-refractivity contribution in [2.24, 2.45) is 0 Å². The third-order valence-electron chi connectivity index (χ3n) is 3.91. The van der Waals surface area contributed by atoms with Gasteiger partial charge >= 0.3 is 0 Å². The number of halogens is 1. The number of hydrogen-bond donors (Lipinski definition) is 1. The Labute approximate surface area is 125 Å². The van der Waals surface area contributed by atoms with Crippen LogP contribution in [0.2, 0.25) is 0 Å². The molecule has 1 N–H and O–H groups in total. The van der Waals surface area contributed by atoms with Crippen LogP contribution in [0, 0.1) is 0 Å². The molecular weight excluding hydrogens is 302 g/mol. The van der Waals surface area contributed by atoms with Gasteiger partial charge in [0.1, 0.15) is 0 Å². The van der Waals surface area contributed by atoms with Gasteiger partial charge < -0.3 is 10.1 Å². The smallest absolute Gasteiger partial charge is 0.0575 e. The van der Waals surface area contributed by atoms with E-state index in [9.17, 15) is 0 Å². The molecule has 2 unspecified atom stereocenters. The molecule has 1 aliphatic rings. The minimum absolute atomic E-state index is 0.495. The summed E-state index contributed by atoms with van der Waals surface area (Å²) in [4.78, 5) is 0. The number of likely N-dealkylation sites (N-methyl/N-ethyl adjacent to an activating group) is 1. The molecule has 1 fully saturated rings. The molecule has 0 bridgehead atoms. The zero-order valence-electron chi connectivity index (χ0n) is 11.7. The molecule has 19 heavy (non-hydrogen) atoms. The summed E-state index contributed by atoms with van der Waals surface area (Å²) in [6.45, 7) is 0.960. The average Bonchev–Trinajstić information content (AvgIpc) is 2.46. The highest BCUT2D eigenvalue weighted by Gasteiger charge is 2.16. The summed E-state index contributed by atoms with van der Waals surface area (Å²) in [5.74, 6) is 0. The highest BCUT2D eigenvalue weighted by Crippen LogP contribution is 2.19. The van der Waals surface area contributed by atoms with Gasteiger partial charge in [-0.1, -0.05) is 28.1 Å². The van der Waals surface area contributed by atoms with Crippen LogP contribution in [0.1, 0.15) is 37.7 Å². The number of hydrogen-bond acceptors (Lipinski definition) is 2. The second kappa shape index (κ2) is 8.03. The van der Waals surface area contributed by atoms with Crippen LogP contribution < -0.4 is 5.32 Å². The topological polar surface area (TPSA) is 21.3 Å². The third-order valence-corrected chi connectivity index (χ3v) is 4.44. The van der Waals surface area contributed by atoms with Gasteiger partial charge in [-0.15, -0.1) is 0 Å². The number of nitrogens with one attached hydrogen (secondary N) is 1. The van der Waals surface area contributed by atoms with Crippen LogP contribution in [0.3, 0.4) is 0 Å². The first-order valence-corrected chi connectivity index (χ1v) is 8.10. The van der Waals surface area contributed by atoms with Crippen molar-refractivity contribution in [2.75, 3.05) is 13.7 Å². The Morgan fingerprint density at radius 3 is 2.74 bits per heavy atom. The van der Waals surface area contributed by atoms with Gasteiger partial charge in [0.15, 0.2) is 0 Å². The van der Waals surface area contributed by atoms with Crippen molar-refractivity contribution >= 4 is 15.9 Å². The summed E-state index contributed by atoms with van der Waals surface area (Å²) in [5, 5.41) is 3.44. The largest absolute Gasteiger partial charge is 0.378 e. The molecule has 0 radical (unpaired) electrons. The molecule has 0 aliphatic carbocycles. The summed E-state index contributed by atoms with van der Waals surface area (Å²) in [6.07, 6.45) is 7.78. The van der Waals surface area contributed by atoms with Gasteiger partial charge in [-0.25, -0.2) is 0 Å². The first kappa shape index (κ1) is 15.0. The Morgan fingerprint density at radius 2 is 2.11 bits per heavy atom. The lowest BCUT2D eigenvalue weighted by Crippen LogP contribution is -2.30. The molecule has 1 aromatic rings. The second-order valence-corrected chi connectivity index (χ2v) is 6.30. The molecule has 1 saturated heterocycles. The van der Waals surface area contributed by atoms with E-state index in [-0.39, 0.29) is 0 Å². The molecule has 3 heteroatoms. The fourth-order valence-corrected chi connectivity index (χ4v) is 2.94. The molecule has 0 spiro atoms. The lowest BCUT2D eigenvalue weighted by molar-refractivity contribution is 0.00870. The van der Waals surface area contributed by atoms with Gasteiger partial charge in [0.2, 0.25) is 0 Å². The van der Waals surface area contributed by atoms with Crippen molar-refractivity contribution in [1.82, 2.24) is 5.32 Å². The second-order valence-electron chi connectivity index (χ2n) is 5.38. The molecule has 0 amide bonds. The average molecular weight is 326 g/mol. The van der Waals surface area contributed by atoms with E-state index in [1.807, 2.05) is 0 Å². The monoisotopic (exact) mass is 325 g/mol. The standard InChI is InChI=1S/C16H24BrNO/c1-18-15(9-10-16-4-2-3-11-19-16)12-13-5-7-14(17)8-6-13/h5-8,15-16,18H,2-4,9-12H2,1H3. The maximum atomic E-state index is 5.80. The first-order chi connectivity index (χ1) is 9.28. The van der Waals surface area contributed by atoms with Gasteiger partial charge in [0.25, 0.3) is 0 Å². The normalized spacial score (nSPS) is 21.3. The minimum atomic E-state index is 0.495. The van der Waals surface area contributed by atoms with Gasteiger partial charge in [0.05, 0.1) is 6.10 Å². The van der Waals surface area contributed by atoms with Crippen molar-refractivity contribution in [1.29, 1.82) is 0 Å². The Kier molecular flexibility index (Phi) is 6.35. The molecule has 0 saturated carbocycles. The van der Waals surface area contributed by atoms with E-state index in [4.69, 9.17) is 4.74 Å². The fraction of sp³-hybridized carbons (Fsp3) is 0.625. The molecule has 2 rings (SSSR count). The number of benzene rings is 1. The SMILES string of the molecule is CNC(CCC1CCCCO1)Cc1ccc(Br)cc1.